The number of nitrogens with two attached hydrogens (primary N) is 1. The first-order valence-electron chi connectivity index (χ1n) is 7.33. The smallest absolute Gasteiger partial charge is 0.249 e. The molecule has 0 radical (unpaired) electrons. The molecule has 3 rings (SSSR count). The number of carbonyl (C=O) groups is 1. The Morgan fingerprint density at radius 2 is 2.00 bits per heavy atom. The molecule has 3 nitrogen and oxygen atoms in total. The van der Waals surface area contributed by atoms with Crippen molar-refractivity contribution < 1.29 is 4.79 Å². The summed E-state index contributed by atoms with van der Waals surface area (Å²) in [5, 5.41) is 1.09. The van der Waals surface area contributed by atoms with Crippen LogP contribution in [0.4, 0.5) is 0 Å². The molecule has 2 aromatic rings. The van der Waals surface area contributed by atoms with Gasteiger partial charge in [-0.2, -0.15) is 0 Å². The second-order valence-corrected chi connectivity index (χ2v) is 5.91. The van der Waals surface area contributed by atoms with Gasteiger partial charge in [-0.25, -0.2) is 0 Å². The third-order valence-electron chi connectivity index (χ3n) is 4.16. The maximum atomic E-state index is 11.7. The van der Waals surface area contributed by atoms with E-state index in [1.165, 1.54) is 24.1 Å². The zero-order valence-corrected chi connectivity index (χ0v) is 12.1. The van der Waals surface area contributed by atoms with Gasteiger partial charge in [0.25, 0.3) is 0 Å². The number of aromatic nitrogens is 1. The van der Waals surface area contributed by atoms with Crippen molar-refractivity contribution in [3.8, 4) is 0 Å². The predicted molar refractivity (Wildman–Crippen MR) is 81.0 cm³/mol. The topological polar surface area (TPSA) is 56.0 Å². The summed E-state index contributed by atoms with van der Waals surface area (Å²) >= 11 is 0. The number of fused-ring (bicyclic) bond motifs is 2. The van der Waals surface area contributed by atoms with Gasteiger partial charge >= 0.3 is 0 Å². The second kappa shape index (κ2) is 4.89. The largest absolute Gasteiger partial charge is 0.366 e. The van der Waals surface area contributed by atoms with Gasteiger partial charge in [0.15, 0.2) is 0 Å². The fraction of sp³-hybridized carbons (Fsp3) is 0.412. The molecule has 20 heavy (non-hydrogen) atoms. The highest BCUT2D eigenvalue weighted by Crippen LogP contribution is 2.31. The number of primary amides is 1. The number of rotatable bonds is 2. The molecule has 3 heteroatoms. The Morgan fingerprint density at radius 3 is 2.70 bits per heavy atom. The molecule has 104 valence electrons. The van der Waals surface area contributed by atoms with Crippen molar-refractivity contribution in [3.63, 3.8) is 0 Å². The van der Waals surface area contributed by atoms with Gasteiger partial charge in [0.2, 0.25) is 5.91 Å². The molecule has 0 fully saturated rings. The Kier molecular flexibility index (Phi) is 3.20. The Labute approximate surface area is 119 Å². The quantitative estimate of drug-likeness (QED) is 0.908. The van der Waals surface area contributed by atoms with E-state index in [4.69, 9.17) is 10.7 Å². The lowest BCUT2D eigenvalue weighted by Crippen LogP contribution is -2.15. The van der Waals surface area contributed by atoms with Crippen LogP contribution in [-0.4, -0.2) is 10.9 Å². The molecule has 2 N–H and O–H groups in total. The minimum absolute atomic E-state index is 0.254. The molecular weight excluding hydrogens is 248 g/mol. The molecule has 0 unspecified atom stereocenters. The van der Waals surface area contributed by atoms with Crippen LogP contribution in [0.3, 0.4) is 0 Å². The van der Waals surface area contributed by atoms with Crippen LogP contribution in [0.1, 0.15) is 59.8 Å². The third kappa shape index (κ3) is 2.07. The highest BCUT2D eigenvalue weighted by atomic mass is 16.1. The summed E-state index contributed by atoms with van der Waals surface area (Å²) in [7, 11) is 0. The summed E-state index contributed by atoms with van der Waals surface area (Å²) in [4.78, 5) is 16.5. The second-order valence-electron chi connectivity index (χ2n) is 5.91. The first-order chi connectivity index (χ1) is 9.58. The first kappa shape index (κ1) is 13.1. The first-order valence-corrected chi connectivity index (χ1v) is 7.33. The average molecular weight is 268 g/mol. The highest BCUT2D eigenvalue weighted by molar-refractivity contribution is 6.00. The molecule has 0 bridgehead atoms. The van der Waals surface area contributed by atoms with E-state index in [2.05, 4.69) is 19.9 Å². The SMILES string of the molecule is CC(C)c1c(C(N)=O)ccc2nc3c(cc12)CCCC3. The molecule has 1 aromatic heterocycles. The van der Waals surface area contributed by atoms with Crippen LogP contribution in [-0.2, 0) is 12.8 Å². The van der Waals surface area contributed by atoms with Gasteiger partial charge in [-0.1, -0.05) is 13.8 Å². The zero-order chi connectivity index (χ0) is 14.3. The van der Waals surface area contributed by atoms with E-state index in [1.54, 1.807) is 0 Å². The van der Waals surface area contributed by atoms with Crippen LogP contribution in [0, 0.1) is 0 Å². The molecule has 1 amide bonds. The third-order valence-corrected chi connectivity index (χ3v) is 4.16. The summed E-state index contributed by atoms with van der Waals surface area (Å²) in [5.41, 5.74) is 10.7. The van der Waals surface area contributed by atoms with E-state index in [1.807, 2.05) is 12.1 Å². The predicted octanol–water partition coefficient (Wildman–Crippen LogP) is 3.34. The van der Waals surface area contributed by atoms with Crippen molar-refractivity contribution >= 4 is 16.8 Å². The molecule has 0 atom stereocenters. The molecule has 0 saturated carbocycles. The molecular formula is C17H20N2O. The van der Waals surface area contributed by atoms with Crippen molar-refractivity contribution in [2.45, 2.75) is 45.4 Å². The minimum Gasteiger partial charge on any atom is -0.366 e. The minimum atomic E-state index is -0.353. The van der Waals surface area contributed by atoms with Gasteiger partial charge in [-0.05, 0) is 60.9 Å². The number of nitrogens with zero attached hydrogens (tertiary/aromatic N) is 1. The number of pyridine rings is 1. The molecule has 1 aromatic carbocycles. The lowest BCUT2D eigenvalue weighted by atomic mass is 9.89. The van der Waals surface area contributed by atoms with Crippen molar-refractivity contribution in [1.29, 1.82) is 0 Å². The number of amides is 1. The van der Waals surface area contributed by atoms with E-state index in [9.17, 15) is 4.79 Å². The summed E-state index contributed by atoms with van der Waals surface area (Å²) < 4.78 is 0. The molecule has 0 spiro atoms. The number of hydrogen-bond donors (Lipinski definition) is 1. The van der Waals surface area contributed by atoms with Crippen LogP contribution in [0.15, 0.2) is 18.2 Å². The Morgan fingerprint density at radius 1 is 1.25 bits per heavy atom. The van der Waals surface area contributed by atoms with Gasteiger partial charge in [0.1, 0.15) is 0 Å². The van der Waals surface area contributed by atoms with Crippen LogP contribution in [0.2, 0.25) is 0 Å². The van der Waals surface area contributed by atoms with Crippen molar-refractivity contribution in [1.82, 2.24) is 4.98 Å². The lowest BCUT2D eigenvalue weighted by Gasteiger charge is -2.19. The molecule has 0 aliphatic heterocycles. The average Bonchev–Trinajstić information content (AvgIpc) is 2.43. The van der Waals surface area contributed by atoms with Gasteiger partial charge in [-0.15, -0.1) is 0 Å². The fourth-order valence-electron chi connectivity index (χ4n) is 3.23. The van der Waals surface area contributed by atoms with Crippen molar-refractivity contribution in [3.05, 3.63) is 40.6 Å². The van der Waals surface area contributed by atoms with E-state index in [-0.39, 0.29) is 11.8 Å². The Hall–Kier alpha value is -1.90. The van der Waals surface area contributed by atoms with E-state index >= 15 is 0 Å². The monoisotopic (exact) mass is 268 g/mol. The van der Waals surface area contributed by atoms with Crippen LogP contribution in [0.5, 0.6) is 0 Å². The van der Waals surface area contributed by atoms with E-state index in [0.29, 0.717) is 5.56 Å². The van der Waals surface area contributed by atoms with E-state index < -0.39 is 0 Å². The Bertz CT molecular complexity index is 689. The Balaban J connectivity index is 2.32. The maximum Gasteiger partial charge on any atom is 0.249 e. The van der Waals surface area contributed by atoms with Gasteiger partial charge < -0.3 is 5.73 Å². The highest BCUT2D eigenvalue weighted by Gasteiger charge is 2.18. The van der Waals surface area contributed by atoms with Crippen LogP contribution >= 0.6 is 0 Å². The zero-order valence-electron chi connectivity index (χ0n) is 12.1. The number of benzene rings is 1. The van der Waals surface area contributed by atoms with Crippen molar-refractivity contribution in [2.75, 3.05) is 0 Å². The maximum absolute atomic E-state index is 11.7. The molecule has 1 aliphatic carbocycles. The van der Waals surface area contributed by atoms with Gasteiger partial charge in [0, 0.05) is 16.6 Å². The van der Waals surface area contributed by atoms with Crippen LogP contribution < -0.4 is 5.73 Å². The summed E-state index contributed by atoms with van der Waals surface area (Å²) in [6, 6.07) is 5.98. The van der Waals surface area contributed by atoms with Gasteiger partial charge in [-0.3, -0.25) is 9.78 Å². The number of hydrogen-bond acceptors (Lipinski definition) is 2. The fourth-order valence-corrected chi connectivity index (χ4v) is 3.23. The number of carbonyl (C=O) groups excluding carboxylic acids is 1. The lowest BCUT2D eigenvalue weighted by molar-refractivity contribution is 0.0999. The standard InChI is InChI=1S/C17H20N2O/c1-10(2)16-12(17(18)20)7-8-15-13(16)9-11-5-3-4-6-14(11)19-15/h7-10H,3-6H2,1-2H3,(H2,18,20). The summed E-state index contributed by atoms with van der Waals surface area (Å²) in [6.07, 6.45) is 4.62. The molecule has 0 saturated heterocycles. The van der Waals surface area contributed by atoms with Crippen molar-refractivity contribution in [2.24, 2.45) is 5.73 Å². The van der Waals surface area contributed by atoms with Crippen LogP contribution in [0.25, 0.3) is 10.9 Å². The normalized spacial score (nSPS) is 14.6. The van der Waals surface area contributed by atoms with E-state index in [0.717, 1.165) is 29.3 Å². The summed E-state index contributed by atoms with van der Waals surface area (Å²) in [6.45, 7) is 4.20. The molecule has 1 aliphatic rings. The number of aryl methyl sites for hydroxylation is 2. The summed E-state index contributed by atoms with van der Waals surface area (Å²) in [5.74, 6) is -0.0991. The molecule has 1 heterocycles. The van der Waals surface area contributed by atoms with Gasteiger partial charge in [0.05, 0.1) is 5.52 Å².